The van der Waals surface area contributed by atoms with E-state index in [0.717, 1.165) is 10.6 Å². The van der Waals surface area contributed by atoms with Crippen molar-refractivity contribution >= 4 is 30.1 Å². The van der Waals surface area contributed by atoms with Crippen molar-refractivity contribution in [2.45, 2.75) is 4.90 Å². The Labute approximate surface area is 99.8 Å². The van der Waals surface area contributed by atoms with Gasteiger partial charge in [-0.2, -0.15) is 0 Å². The average Bonchev–Trinajstić information content (AvgIpc) is 2.26. The van der Waals surface area contributed by atoms with Crippen molar-refractivity contribution in [3.05, 3.63) is 29.8 Å². The molecular formula is C10H14ClNO2S. The van der Waals surface area contributed by atoms with Crippen LogP contribution >= 0.6 is 24.2 Å². The predicted octanol–water partition coefficient (Wildman–Crippen LogP) is 1.95. The number of methoxy groups -OCH3 is 1. The van der Waals surface area contributed by atoms with Gasteiger partial charge < -0.3 is 10.5 Å². The number of ether oxygens (including phenoxy) is 1. The topological polar surface area (TPSA) is 52.3 Å². The number of nitrogens with two attached hydrogens (primary N) is 1. The van der Waals surface area contributed by atoms with Crippen LogP contribution in [-0.2, 0) is 4.74 Å². The Bertz CT molecular complexity index is 303. The van der Waals surface area contributed by atoms with E-state index in [4.69, 9.17) is 5.73 Å². The molecule has 15 heavy (non-hydrogen) atoms. The fraction of sp³-hybridized carbons (Fsp3) is 0.300. The van der Waals surface area contributed by atoms with Gasteiger partial charge in [-0.15, -0.1) is 24.2 Å². The highest BCUT2D eigenvalue weighted by molar-refractivity contribution is 7.99. The molecule has 0 radical (unpaired) electrons. The Kier molecular flexibility index (Phi) is 7.21. The van der Waals surface area contributed by atoms with E-state index in [1.54, 1.807) is 23.9 Å². The highest BCUT2D eigenvalue weighted by Crippen LogP contribution is 2.17. The minimum atomic E-state index is -0.305. The third-order valence-electron chi connectivity index (χ3n) is 1.66. The van der Waals surface area contributed by atoms with E-state index < -0.39 is 0 Å². The minimum absolute atomic E-state index is 0. The third-order valence-corrected chi connectivity index (χ3v) is 2.71. The highest BCUT2D eigenvalue weighted by atomic mass is 35.5. The molecule has 0 heterocycles. The van der Waals surface area contributed by atoms with Gasteiger partial charge in [0, 0.05) is 17.2 Å². The first-order chi connectivity index (χ1) is 6.77. The van der Waals surface area contributed by atoms with E-state index in [1.165, 1.54) is 7.11 Å². The normalized spacial score (nSPS) is 9.20. The van der Waals surface area contributed by atoms with Crippen LogP contribution in [0.15, 0.2) is 29.2 Å². The summed E-state index contributed by atoms with van der Waals surface area (Å²) in [5.41, 5.74) is 5.95. The van der Waals surface area contributed by atoms with Gasteiger partial charge in [0.1, 0.15) is 0 Å². The number of halogens is 1. The van der Waals surface area contributed by atoms with Gasteiger partial charge in [-0.1, -0.05) is 0 Å². The number of hydrogen-bond donors (Lipinski definition) is 1. The number of carbonyl (C=O) groups excluding carboxylic acids is 1. The average molecular weight is 248 g/mol. The maximum absolute atomic E-state index is 11.1. The largest absolute Gasteiger partial charge is 0.465 e. The van der Waals surface area contributed by atoms with E-state index in [9.17, 15) is 4.79 Å². The maximum Gasteiger partial charge on any atom is 0.337 e. The molecule has 1 aromatic carbocycles. The Hall–Kier alpha value is -0.710. The van der Waals surface area contributed by atoms with E-state index in [0.29, 0.717) is 12.1 Å². The van der Waals surface area contributed by atoms with Crippen molar-refractivity contribution in [3.8, 4) is 0 Å². The quantitative estimate of drug-likeness (QED) is 0.653. The van der Waals surface area contributed by atoms with Crippen molar-refractivity contribution in [1.82, 2.24) is 0 Å². The summed E-state index contributed by atoms with van der Waals surface area (Å²) in [6.07, 6.45) is 0. The van der Waals surface area contributed by atoms with Crippen LogP contribution in [0.3, 0.4) is 0 Å². The van der Waals surface area contributed by atoms with Crippen molar-refractivity contribution < 1.29 is 9.53 Å². The van der Waals surface area contributed by atoms with Gasteiger partial charge >= 0.3 is 5.97 Å². The first-order valence-corrected chi connectivity index (χ1v) is 5.27. The number of benzene rings is 1. The highest BCUT2D eigenvalue weighted by Gasteiger charge is 2.03. The van der Waals surface area contributed by atoms with Crippen molar-refractivity contribution in [2.24, 2.45) is 5.73 Å². The molecule has 0 aliphatic rings. The van der Waals surface area contributed by atoms with Crippen LogP contribution in [0, 0.1) is 0 Å². The molecule has 0 bridgehead atoms. The molecule has 0 amide bonds. The second-order valence-corrected chi connectivity index (χ2v) is 3.82. The van der Waals surface area contributed by atoms with Gasteiger partial charge in [0.15, 0.2) is 0 Å². The zero-order valence-corrected chi connectivity index (χ0v) is 10.1. The van der Waals surface area contributed by atoms with Crippen molar-refractivity contribution in [2.75, 3.05) is 19.4 Å². The SMILES string of the molecule is COC(=O)c1ccc(SCCN)cc1.Cl. The summed E-state index contributed by atoms with van der Waals surface area (Å²) in [5, 5.41) is 0. The molecule has 0 saturated heterocycles. The summed E-state index contributed by atoms with van der Waals surface area (Å²) in [4.78, 5) is 12.2. The van der Waals surface area contributed by atoms with Crippen LogP contribution in [0.5, 0.6) is 0 Å². The Morgan fingerprint density at radius 2 is 2.00 bits per heavy atom. The third kappa shape index (κ3) is 4.55. The van der Waals surface area contributed by atoms with Crippen molar-refractivity contribution in [1.29, 1.82) is 0 Å². The predicted molar refractivity (Wildman–Crippen MR) is 64.8 cm³/mol. The summed E-state index contributed by atoms with van der Waals surface area (Å²) >= 11 is 1.67. The standard InChI is InChI=1S/C10H13NO2S.ClH/c1-13-10(12)8-2-4-9(5-3-8)14-7-6-11;/h2-5H,6-7,11H2,1H3;1H. The van der Waals surface area contributed by atoms with Gasteiger partial charge in [0.25, 0.3) is 0 Å². The monoisotopic (exact) mass is 247 g/mol. The lowest BCUT2D eigenvalue weighted by molar-refractivity contribution is 0.0600. The smallest absolute Gasteiger partial charge is 0.337 e. The molecule has 0 aliphatic heterocycles. The molecule has 1 aromatic rings. The maximum atomic E-state index is 11.1. The molecule has 0 atom stereocenters. The van der Waals surface area contributed by atoms with Gasteiger partial charge in [0.05, 0.1) is 12.7 Å². The summed E-state index contributed by atoms with van der Waals surface area (Å²) in [7, 11) is 1.37. The molecule has 2 N–H and O–H groups in total. The molecule has 0 aliphatic carbocycles. The molecule has 0 spiro atoms. The number of carbonyl (C=O) groups is 1. The van der Waals surface area contributed by atoms with Crippen molar-refractivity contribution in [3.63, 3.8) is 0 Å². The summed E-state index contributed by atoms with van der Waals surface area (Å²) in [6, 6.07) is 7.30. The molecule has 0 unspecified atom stereocenters. The fourth-order valence-corrected chi connectivity index (χ4v) is 1.66. The lowest BCUT2D eigenvalue weighted by atomic mass is 10.2. The lowest BCUT2D eigenvalue weighted by Crippen LogP contribution is -2.02. The molecule has 0 aromatic heterocycles. The Balaban J connectivity index is 0.00000196. The van der Waals surface area contributed by atoms with Crippen LogP contribution in [0.1, 0.15) is 10.4 Å². The summed E-state index contributed by atoms with van der Waals surface area (Å²) in [5.74, 6) is 0.581. The molecule has 3 nitrogen and oxygen atoms in total. The molecule has 0 saturated carbocycles. The van der Waals surface area contributed by atoms with E-state index >= 15 is 0 Å². The van der Waals surface area contributed by atoms with Crippen LogP contribution in [0.25, 0.3) is 0 Å². The zero-order valence-electron chi connectivity index (χ0n) is 8.43. The second-order valence-electron chi connectivity index (χ2n) is 2.65. The Morgan fingerprint density at radius 1 is 1.40 bits per heavy atom. The lowest BCUT2D eigenvalue weighted by Gasteiger charge is -2.01. The van der Waals surface area contributed by atoms with E-state index in [2.05, 4.69) is 4.74 Å². The molecule has 84 valence electrons. The number of esters is 1. The second kappa shape index (κ2) is 7.56. The van der Waals surface area contributed by atoms with Gasteiger partial charge in [-0.05, 0) is 24.3 Å². The first-order valence-electron chi connectivity index (χ1n) is 4.29. The molecule has 5 heteroatoms. The fourth-order valence-electron chi connectivity index (χ4n) is 0.982. The van der Waals surface area contributed by atoms with Crippen LogP contribution in [0.4, 0.5) is 0 Å². The number of thioether (sulfide) groups is 1. The molecular weight excluding hydrogens is 234 g/mol. The minimum Gasteiger partial charge on any atom is -0.465 e. The van der Waals surface area contributed by atoms with Crippen LogP contribution in [-0.4, -0.2) is 25.4 Å². The summed E-state index contributed by atoms with van der Waals surface area (Å²) < 4.78 is 4.59. The molecule has 0 fully saturated rings. The van der Waals surface area contributed by atoms with E-state index in [-0.39, 0.29) is 18.4 Å². The Morgan fingerprint density at radius 3 is 2.47 bits per heavy atom. The molecule has 1 rings (SSSR count). The number of rotatable bonds is 4. The summed E-state index contributed by atoms with van der Waals surface area (Å²) in [6.45, 7) is 0.656. The van der Waals surface area contributed by atoms with E-state index in [1.807, 2.05) is 12.1 Å². The van der Waals surface area contributed by atoms with Crippen LogP contribution < -0.4 is 5.73 Å². The number of hydrogen-bond acceptors (Lipinski definition) is 4. The first kappa shape index (κ1) is 14.3. The van der Waals surface area contributed by atoms with Gasteiger partial charge in [0.2, 0.25) is 0 Å². The van der Waals surface area contributed by atoms with Gasteiger partial charge in [-0.3, -0.25) is 0 Å². The van der Waals surface area contributed by atoms with Gasteiger partial charge in [-0.25, -0.2) is 4.79 Å². The van der Waals surface area contributed by atoms with Crippen LogP contribution in [0.2, 0.25) is 0 Å². The zero-order chi connectivity index (χ0) is 10.4.